The van der Waals surface area contributed by atoms with Crippen molar-refractivity contribution < 1.29 is 0 Å². The third-order valence-corrected chi connectivity index (χ3v) is 2.70. The molecule has 1 heterocycles. The zero-order chi connectivity index (χ0) is 9.68. The lowest BCUT2D eigenvalue weighted by Gasteiger charge is -2.09. The van der Waals surface area contributed by atoms with E-state index in [9.17, 15) is 0 Å². The predicted molar refractivity (Wildman–Crippen MR) is 54.6 cm³/mol. The molecule has 0 aliphatic heterocycles. The number of nitrogens with one attached hydrogen (secondary N) is 1. The lowest BCUT2D eigenvalue weighted by atomic mass is 10.3. The Balaban J connectivity index is 2.44. The lowest BCUT2D eigenvalue weighted by molar-refractivity contribution is 0.558. The van der Waals surface area contributed by atoms with E-state index in [1.807, 2.05) is 0 Å². The van der Waals surface area contributed by atoms with Gasteiger partial charge in [-0.25, -0.2) is 0 Å². The fourth-order valence-electron chi connectivity index (χ4n) is 0.980. The zero-order valence-corrected chi connectivity index (χ0v) is 8.90. The Kier molecular flexibility index (Phi) is 4.27. The minimum absolute atomic E-state index is 0.354. The molecule has 1 aromatic heterocycles. The molecule has 0 saturated carbocycles. The van der Waals surface area contributed by atoms with Crippen molar-refractivity contribution >= 4 is 11.5 Å². The number of hydrogen-bond donors (Lipinski definition) is 2. The van der Waals surface area contributed by atoms with Crippen LogP contribution in [0.25, 0.3) is 0 Å². The van der Waals surface area contributed by atoms with Gasteiger partial charge in [-0.2, -0.15) is 0 Å². The summed E-state index contributed by atoms with van der Waals surface area (Å²) >= 11 is 1.46. The van der Waals surface area contributed by atoms with Crippen LogP contribution in [0.5, 0.6) is 0 Å². The number of nitrogens with zero attached hydrogens (tertiary/aromatic N) is 2. The smallest absolute Gasteiger partial charge is 0.0797 e. The maximum Gasteiger partial charge on any atom is 0.0797 e. The molecule has 1 rings (SSSR count). The van der Waals surface area contributed by atoms with Gasteiger partial charge in [0, 0.05) is 19.1 Å². The summed E-state index contributed by atoms with van der Waals surface area (Å²) in [5.74, 6) is 0. The second kappa shape index (κ2) is 5.26. The highest BCUT2D eigenvalue weighted by atomic mass is 32.1. The van der Waals surface area contributed by atoms with E-state index in [0.717, 1.165) is 18.7 Å². The first-order valence-corrected chi connectivity index (χ1v) is 5.28. The van der Waals surface area contributed by atoms with Gasteiger partial charge in [0.25, 0.3) is 0 Å². The molecule has 0 aliphatic rings. The number of nitrogens with two attached hydrogens (primary N) is 1. The van der Waals surface area contributed by atoms with Crippen LogP contribution in [-0.2, 0) is 13.0 Å². The standard InChI is InChI=1S/C8H16N4S/c1-3-7-8(13-12-11-7)5-10-6(2)4-9/h6,10H,3-5,9H2,1-2H3/t6-/m1/s1. The summed E-state index contributed by atoms with van der Waals surface area (Å²) < 4.78 is 3.92. The van der Waals surface area contributed by atoms with E-state index in [4.69, 9.17) is 5.73 Å². The van der Waals surface area contributed by atoms with Crippen LogP contribution in [0.1, 0.15) is 24.4 Å². The van der Waals surface area contributed by atoms with E-state index >= 15 is 0 Å². The average molecular weight is 200 g/mol. The molecule has 0 aliphatic carbocycles. The Bertz CT molecular complexity index is 248. The molecule has 0 spiro atoms. The van der Waals surface area contributed by atoms with E-state index in [1.165, 1.54) is 16.4 Å². The van der Waals surface area contributed by atoms with Crippen molar-refractivity contribution in [2.45, 2.75) is 32.9 Å². The molecule has 0 radical (unpaired) electrons. The normalized spacial score (nSPS) is 13.2. The van der Waals surface area contributed by atoms with Gasteiger partial charge in [-0.15, -0.1) is 5.10 Å². The molecule has 0 fully saturated rings. The molecule has 3 N–H and O–H groups in total. The fraction of sp³-hybridized carbons (Fsp3) is 0.750. The minimum atomic E-state index is 0.354. The third kappa shape index (κ3) is 3.02. The van der Waals surface area contributed by atoms with Crippen molar-refractivity contribution in [2.24, 2.45) is 5.73 Å². The molecule has 74 valence electrons. The van der Waals surface area contributed by atoms with E-state index < -0.39 is 0 Å². The first-order chi connectivity index (χ1) is 6.27. The van der Waals surface area contributed by atoms with Crippen LogP contribution in [0.15, 0.2) is 0 Å². The Labute approximate surface area is 82.7 Å². The summed E-state index contributed by atoms with van der Waals surface area (Å²) in [6.07, 6.45) is 0.949. The van der Waals surface area contributed by atoms with Gasteiger partial charge in [0.1, 0.15) is 0 Å². The number of rotatable bonds is 5. The predicted octanol–water partition coefficient (Wildman–Crippen LogP) is 0.537. The molecule has 13 heavy (non-hydrogen) atoms. The van der Waals surface area contributed by atoms with Crippen molar-refractivity contribution in [3.05, 3.63) is 10.6 Å². The topological polar surface area (TPSA) is 63.8 Å². The van der Waals surface area contributed by atoms with Crippen molar-refractivity contribution in [2.75, 3.05) is 6.54 Å². The first-order valence-electron chi connectivity index (χ1n) is 4.51. The highest BCUT2D eigenvalue weighted by molar-refractivity contribution is 7.05. The molecule has 5 heteroatoms. The second-order valence-electron chi connectivity index (χ2n) is 3.01. The van der Waals surface area contributed by atoms with Crippen LogP contribution in [0.2, 0.25) is 0 Å². The van der Waals surface area contributed by atoms with Crippen molar-refractivity contribution in [1.29, 1.82) is 0 Å². The van der Waals surface area contributed by atoms with Crippen LogP contribution < -0.4 is 11.1 Å². The largest absolute Gasteiger partial charge is 0.329 e. The molecule has 0 saturated heterocycles. The summed E-state index contributed by atoms with van der Waals surface area (Å²) in [6, 6.07) is 0.354. The summed E-state index contributed by atoms with van der Waals surface area (Å²) in [5.41, 5.74) is 6.59. The number of aromatic nitrogens is 2. The van der Waals surface area contributed by atoms with Gasteiger partial charge in [0.05, 0.1) is 10.6 Å². The van der Waals surface area contributed by atoms with Gasteiger partial charge in [-0.3, -0.25) is 0 Å². The zero-order valence-electron chi connectivity index (χ0n) is 8.08. The van der Waals surface area contributed by atoms with E-state index in [-0.39, 0.29) is 0 Å². The van der Waals surface area contributed by atoms with Gasteiger partial charge in [0.2, 0.25) is 0 Å². The van der Waals surface area contributed by atoms with Gasteiger partial charge in [0.15, 0.2) is 0 Å². The number of aryl methyl sites for hydroxylation is 1. The van der Waals surface area contributed by atoms with E-state index in [1.54, 1.807) is 0 Å². The molecule has 0 aromatic carbocycles. The third-order valence-electron chi connectivity index (χ3n) is 1.93. The summed E-state index contributed by atoms with van der Waals surface area (Å²) in [5, 5.41) is 7.35. The Hall–Kier alpha value is -0.520. The van der Waals surface area contributed by atoms with Gasteiger partial charge in [-0.05, 0) is 24.9 Å². The van der Waals surface area contributed by atoms with Crippen molar-refractivity contribution in [3.8, 4) is 0 Å². The fourth-order valence-corrected chi connectivity index (χ4v) is 1.66. The first kappa shape index (κ1) is 10.6. The Morgan fingerprint density at radius 3 is 3.00 bits per heavy atom. The summed E-state index contributed by atoms with van der Waals surface area (Å²) in [6.45, 7) is 5.65. The van der Waals surface area contributed by atoms with Gasteiger partial charge in [-0.1, -0.05) is 11.4 Å². The molecule has 1 aromatic rings. The van der Waals surface area contributed by atoms with Crippen molar-refractivity contribution in [1.82, 2.24) is 14.9 Å². The SMILES string of the molecule is CCc1nnsc1CN[C@H](C)CN. The monoisotopic (exact) mass is 200 g/mol. The van der Waals surface area contributed by atoms with E-state index in [0.29, 0.717) is 12.6 Å². The highest BCUT2D eigenvalue weighted by Gasteiger charge is 2.06. The Morgan fingerprint density at radius 1 is 1.62 bits per heavy atom. The van der Waals surface area contributed by atoms with E-state index in [2.05, 4.69) is 28.8 Å². The maximum absolute atomic E-state index is 5.49. The molecule has 0 amide bonds. The van der Waals surface area contributed by atoms with Gasteiger partial charge >= 0.3 is 0 Å². The summed E-state index contributed by atoms with van der Waals surface area (Å²) in [4.78, 5) is 1.22. The van der Waals surface area contributed by atoms with Gasteiger partial charge < -0.3 is 11.1 Å². The molecular weight excluding hydrogens is 184 g/mol. The maximum atomic E-state index is 5.49. The minimum Gasteiger partial charge on any atom is -0.329 e. The van der Waals surface area contributed by atoms with Crippen LogP contribution in [0.4, 0.5) is 0 Å². The average Bonchev–Trinajstić information content (AvgIpc) is 2.61. The number of hydrogen-bond acceptors (Lipinski definition) is 5. The molecule has 0 unspecified atom stereocenters. The second-order valence-corrected chi connectivity index (χ2v) is 3.85. The highest BCUT2D eigenvalue weighted by Crippen LogP contribution is 2.10. The summed E-state index contributed by atoms with van der Waals surface area (Å²) in [7, 11) is 0. The van der Waals surface area contributed by atoms with Crippen LogP contribution in [0.3, 0.4) is 0 Å². The van der Waals surface area contributed by atoms with Crippen LogP contribution in [-0.4, -0.2) is 22.2 Å². The molecular formula is C8H16N4S. The lowest BCUT2D eigenvalue weighted by Crippen LogP contribution is -2.32. The van der Waals surface area contributed by atoms with Crippen molar-refractivity contribution in [3.63, 3.8) is 0 Å². The quantitative estimate of drug-likeness (QED) is 0.728. The molecule has 0 bridgehead atoms. The molecule has 4 nitrogen and oxygen atoms in total. The van der Waals surface area contributed by atoms with Crippen LogP contribution >= 0.6 is 11.5 Å². The van der Waals surface area contributed by atoms with Crippen LogP contribution in [0, 0.1) is 0 Å². The molecule has 1 atom stereocenters. The Morgan fingerprint density at radius 2 is 2.38 bits per heavy atom.